The minimum atomic E-state index is -1.58. The van der Waals surface area contributed by atoms with Gasteiger partial charge in [0.25, 0.3) is 0 Å². The third kappa shape index (κ3) is 2.64. The zero-order valence-electron chi connectivity index (χ0n) is 15.6. The van der Waals surface area contributed by atoms with E-state index >= 15 is 0 Å². The lowest BCUT2D eigenvalue weighted by Gasteiger charge is -2.43. The Kier molecular flexibility index (Phi) is 4.57. The van der Waals surface area contributed by atoms with E-state index in [1.807, 2.05) is 0 Å². The molecule has 27 heavy (non-hydrogen) atoms. The largest absolute Gasteiger partial charge is 0.468 e. The number of ether oxygens (including phenoxy) is 2. The number of halogens is 1. The minimum Gasteiger partial charge on any atom is -0.468 e. The van der Waals surface area contributed by atoms with Crippen LogP contribution in [0.2, 0.25) is 0 Å². The molecule has 0 bridgehead atoms. The van der Waals surface area contributed by atoms with Crippen LogP contribution in [0.4, 0.5) is 10.1 Å². The van der Waals surface area contributed by atoms with Gasteiger partial charge in [0.15, 0.2) is 5.41 Å². The molecule has 1 aromatic carbocycles. The molecule has 1 aliphatic carbocycles. The molecular formula is C20H22FNO5. The van der Waals surface area contributed by atoms with Gasteiger partial charge in [0.05, 0.1) is 14.2 Å². The molecule has 1 unspecified atom stereocenters. The molecule has 0 saturated heterocycles. The highest BCUT2D eigenvalue weighted by atomic mass is 19.1. The number of hydrogen-bond donors (Lipinski definition) is 0. The van der Waals surface area contributed by atoms with Crippen molar-refractivity contribution >= 4 is 23.5 Å². The molecule has 0 radical (unpaired) electrons. The standard InChI is InChI=1S/C20H22FNO5/c1-12-10-19(7-8-20(12,17(24)26-3)18(25)27-4)11-22(13(2)23)16-6-5-14(21)9-15(16)19/h5-6,9H,1,7-8,10-11H2,2-4H3. The summed E-state index contributed by atoms with van der Waals surface area (Å²) >= 11 is 0. The van der Waals surface area contributed by atoms with Gasteiger partial charge in [-0.2, -0.15) is 0 Å². The van der Waals surface area contributed by atoms with E-state index in [-0.39, 0.29) is 18.7 Å². The van der Waals surface area contributed by atoms with Crippen molar-refractivity contribution in [3.05, 3.63) is 41.7 Å². The number of carbonyl (C=O) groups excluding carboxylic acids is 3. The molecule has 1 fully saturated rings. The number of nitrogens with zero attached hydrogens (tertiary/aromatic N) is 1. The zero-order chi connectivity index (χ0) is 20.0. The maximum absolute atomic E-state index is 14.0. The van der Waals surface area contributed by atoms with E-state index in [9.17, 15) is 18.8 Å². The van der Waals surface area contributed by atoms with Crippen LogP contribution in [0, 0.1) is 11.2 Å². The van der Waals surface area contributed by atoms with Crippen LogP contribution >= 0.6 is 0 Å². The highest BCUT2D eigenvalue weighted by Gasteiger charge is 2.58. The van der Waals surface area contributed by atoms with Gasteiger partial charge in [-0.25, -0.2) is 4.39 Å². The number of hydrogen-bond acceptors (Lipinski definition) is 5. The number of fused-ring (bicyclic) bond motifs is 2. The smallest absolute Gasteiger partial charge is 0.327 e. The minimum absolute atomic E-state index is 0.118. The fourth-order valence-corrected chi connectivity index (χ4v) is 4.46. The van der Waals surface area contributed by atoms with E-state index < -0.39 is 28.6 Å². The van der Waals surface area contributed by atoms with Gasteiger partial charge in [0.2, 0.25) is 5.91 Å². The van der Waals surface area contributed by atoms with Crippen LogP contribution in [0.5, 0.6) is 0 Å². The third-order valence-corrected chi connectivity index (χ3v) is 5.86. The molecule has 2 aliphatic rings. The van der Waals surface area contributed by atoms with Crippen molar-refractivity contribution in [2.24, 2.45) is 5.41 Å². The number of carbonyl (C=O) groups is 3. The number of amides is 1. The zero-order valence-corrected chi connectivity index (χ0v) is 15.6. The Balaban J connectivity index is 2.06. The predicted octanol–water partition coefficient (Wildman–Crippen LogP) is 2.50. The number of benzene rings is 1. The molecule has 1 saturated carbocycles. The van der Waals surface area contributed by atoms with Gasteiger partial charge in [0.1, 0.15) is 5.82 Å². The first-order chi connectivity index (χ1) is 12.7. The van der Waals surface area contributed by atoms with E-state index in [1.165, 1.54) is 33.3 Å². The van der Waals surface area contributed by atoms with Crippen molar-refractivity contribution in [3.8, 4) is 0 Å². The molecule has 1 spiro atoms. The molecule has 7 heteroatoms. The molecule has 1 atom stereocenters. The Morgan fingerprint density at radius 1 is 1.15 bits per heavy atom. The van der Waals surface area contributed by atoms with Gasteiger partial charge in [-0.1, -0.05) is 6.58 Å². The molecule has 6 nitrogen and oxygen atoms in total. The first kappa shape index (κ1) is 19.1. The van der Waals surface area contributed by atoms with Crippen molar-refractivity contribution in [2.75, 3.05) is 25.7 Å². The summed E-state index contributed by atoms with van der Waals surface area (Å²) in [5, 5.41) is 0. The van der Waals surface area contributed by atoms with Gasteiger partial charge in [-0.3, -0.25) is 14.4 Å². The van der Waals surface area contributed by atoms with E-state index in [1.54, 1.807) is 11.0 Å². The van der Waals surface area contributed by atoms with Gasteiger partial charge in [-0.15, -0.1) is 0 Å². The lowest BCUT2D eigenvalue weighted by atomic mass is 9.59. The first-order valence-corrected chi connectivity index (χ1v) is 8.65. The van der Waals surface area contributed by atoms with E-state index in [0.717, 1.165) is 0 Å². The summed E-state index contributed by atoms with van der Waals surface area (Å²) in [6.45, 7) is 5.79. The highest BCUT2D eigenvalue weighted by Crippen LogP contribution is 2.55. The van der Waals surface area contributed by atoms with Crippen LogP contribution in [0.3, 0.4) is 0 Å². The molecular weight excluding hydrogens is 353 g/mol. The van der Waals surface area contributed by atoms with Crippen LogP contribution in [0.25, 0.3) is 0 Å². The maximum atomic E-state index is 14.0. The van der Waals surface area contributed by atoms with Crippen LogP contribution in [-0.4, -0.2) is 38.6 Å². The van der Waals surface area contributed by atoms with Gasteiger partial charge in [0, 0.05) is 24.6 Å². The lowest BCUT2D eigenvalue weighted by molar-refractivity contribution is -0.168. The second-order valence-electron chi connectivity index (χ2n) is 7.22. The van der Waals surface area contributed by atoms with Crippen LogP contribution in [-0.2, 0) is 29.3 Å². The van der Waals surface area contributed by atoms with E-state index in [4.69, 9.17) is 9.47 Å². The summed E-state index contributed by atoms with van der Waals surface area (Å²) < 4.78 is 23.7. The number of esters is 2. The summed E-state index contributed by atoms with van der Waals surface area (Å²) in [7, 11) is 2.42. The van der Waals surface area contributed by atoms with Crippen LogP contribution < -0.4 is 4.90 Å². The summed E-state index contributed by atoms with van der Waals surface area (Å²) in [5.74, 6) is -1.98. The fourth-order valence-electron chi connectivity index (χ4n) is 4.46. The van der Waals surface area contributed by atoms with Crippen molar-refractivity contribution < 1.29 is 28.2 Å². The number of rotatable bonds is 2. The Bertz CT molecular complexity index is 833. The normalized spacial score (nSPS) is 23.1. The Morgan fingerprint density at radius 2 is 1.78 bits per heavy atom. The summed E-state index contributed by atoms with van der Waals surface area (Å²) in [5.41, 5.74) is -0.479. The predicted molar refractivity (Wildman–Crippen MR) is 95.6 cm³/mol. The van der Waals surface area contributed by atoms with Gasteiger partial charge in [-0.05, 0) is 48.6 Å². The molecule has 1 aliphatic heterocycles. The van der Waals surface area contributed by atoms with E-state index in [2.05, 4.69) is 6.58 Å². The average molecular weight is 375 g/mol. The molecule has 0 N–H and O–H groups in total. The van der Waals surface area contributed by atoms with Crippen molar-refractivity contribution in [3.63, 3.8) is 0 Å². The second-order valence-corrected chi connectivity index (χ2v) is 7.22. The highest BCUT2D eigenvalue weighted by molar-refractivity contribution is 6.04. The monoisotopic (exact) mass is 375 g/mol. The average Bonchev–Trinajstić information content (AvgIpc) is 2.95. The number of methoxy groups -OCH3 is 2. The Hall–Kier alpha value is -2.70. The maximum Gasteiger partial charge on any atom is 0.327 e. The van der Waals surface area contributed by atoms with Crippen molar-refractivity contribution in [1.29, 1.82) is 0 Å². The molecule has 1 amide bonds. The summed E-state index contributed by atoms with van der Waals surface area (Å²) in [4.78, 5) is 38.6. The molecule has 0 aromatic heterocycles. The SMILES string of the molecule is C=C1CC2(CCC1(C(=O)OC)C(=O)OC)CN(C(C)=O)c1ccc(F)cc12. The van der Waals surface area contributed by atoms with Crippen molar-refractivity contribution in [1.82, 2.24) is 0 Å². The number of anilines is 1. The van der Waals surface area contributed by atoms with Gasteiger partial charge < -0.3 is 14.4 Å². The molecule has 144 valence electrons. The Labute approximate surface area is 156 Å². The van der Waals surface area contributed by atoms with Crippen LogP contribution in [0.1, 0.15) is 31.7 Å². The first-order valence-electron chi connectivity index (χ1n) is 8.65. The molecule has 1 aromatic rings. The summed E-state index contributed by atoms with van der Waals surface area (Å²) in [6, 6.07) is 4.33. The lowest BCUT2D eigenvalue weighted by Crippen LogP contribution is -2.50. The van der Waals surface area contributed by atoms with E-state index in [0.29, 0.717) is 29.8 Å². The quantitative estimate of drug-likeness (QED) is 0.451. The molecule has 3 rings (SSSR count). The second kappa shape index (κ2) is 6.48. The fraction of sp³-hybridized carbons (Fsp3) is 0.450. The van der Waals surface area contributed by atoms with Crippen molar-refractivity contribution in [2.45, 2.75) is 31.6 Å². The third-order valence-electron chi connectivity index (χ3n) is 5.86. The van der Waals surface area contributed by atoms with Gasteiger partial charge >= 0.3 is 11.9 Å². The topological polar surface area (TPSA) is 72.9 Å². The Morgan fingerprint density at radius 3 is 2.30 bits per heavy atom. The summed E-state index contributed by atoms with van der Waals surface area (Å²) in [6.07, 6.45) is 0.751. The van der Waals surface area contributed by atoms with Crippen LogP contribution in [0.15, 0.2) is 30.4 Å². The molecule has 1 heterocycles.